The van der Waals surface area contributed by atoms with Crippen LogP contribution in [0.15, 0.2) is 94.4 Å². The molecule has 0 unspecified atom stereocenters. The highest BCUT2D eigenvalue weighted by Gasteiger charge is 2.38. The molecule has 3 amide bonds. The third-order valence-electron chi connectivity index (χ3n) is 5.54. The zero-order chi connectivity index (χ0) is 25.5. The summed E-state index contributed by atoms with van der Waals surface area (Å²) < 4.78 is 5.08. The largest absolute Gasteiger partial charge is 0.385 e. The smallest absolute Gasteiger partial charge is 0.278 e. The molecule has 184 valence electrons. The van der Waals surface area contributed by atoms with Gasteiger partial charge in [0.15, 0.2) is 0 Å². The number of aryl methyl sites for hydroxylation is 1. The molecule has 3 aromatic carbocycles. The van der Waals surface area contributed by atoms with E-state index >= 15 is 0 Å². The molecule has 8 heteroatoms. The highest BCUT2D eigenvalue weighted by Crippen LogP contribution is 2.36. The number of carbonyl (C=O) groups excluding carboxylic acids is 3. The number of amides is 3. The van der Waals surface area contributed by atoms with Crippen molar-refractivity contribution in [3.05, 3.63) is 101 Å². The number of methoxy groups -OCH3 is 1. The Labute approximate surface area is 214 Å². The number of hydrogen-bond acceptors (Lipinski definition) is 6. The van der Waals surface area contributed by atoms with Crippen LogP contribution in [-0.4, -0.2) is 42.9 Å². The van der Waals surface area contributed by atoms with Crippen molar-refractivity contribution >= 4 is 40.9 Å². The van der Waals surface area contributed by atoms with E-state index in [4.69, 9.17) is 4.74 Å². The van der Waals surface area contributed by atoms with Crippen molar-refractivity contribution in [2.24, 2.45) is 0 Å². The summed E-state index contributed by atoms with van der Waals surface area (Å²) in [5, 5.41) is 6.02. The van der Waals surface area contributed by atoms with Crippen molar-refractivity contribution in [2.75, 3.05) is 30.9 Å². The van der Waals surface area contributed by atoms with Crippen molar-refractivity contribution in [3.8, 4) is 0 Å². The normalized spacial score (nSPS) is 13.3. The van der Waals surface area contributed by atoms with Crippen LogP contribution in [0.1, 0.15) is 22.3 Å². The third kappa shape index (κ3) is 6.02. The fraction of sp³-hybridized carbons (Fsp3) is 0.179. The van der Waals surface area contributed by atoms with Gasteiger partial charge in [-0.1, -0.05) is 47.7 Å². The lowest BCUT2D eigenvalue weighted by molar-refractivity contribution is -0.137. The summed E-state index contributed by atoms with van der Waals surface area (Å²) in [6, 6.07) is 23.8. The van der Waals surface area contributed by atoms with E-state index in [1.165, 1.54) is 16.7 Å². The second-order valence-electron chi connectivity index (χ2n) is 8.25. The molecule has 0 spiro atoms. The monoisotopic (exact) mass is 501 g/mol. The van der Waals surface area contributed by atoms with E-state index in [9.17, 15) is 14.4 Å². The van der Waals surface area contributed by atoms with Gasteiger partial charge >= 0.3 is 0 Å². The lowest BCUT2D eigenvalue weighted by Gasteiger charge is -2.14. The van der Waals surface area contributed by atoms with Crippen LogP contribution in [0.25, 0.3) is 0 Å². The summed E-state index contributed by atoms with van der Waals surface area (Å²) in [5.74, 6) is -0.894. The van der Waals surface area contributed by atoms with Crippen molar-refractivity contribution in [1.82, 2.24) is 4.90 Å². The average Bonchev–Trinajstić information content (AvgIpc) is 3.11. The molecule has 0 aliphatic carbocycles. The first-order valence-electron chi connectivity index (χ1n) is 11.5. The quantitative estimate of drug-likeness (QED) is 0.298. The molecule has 0 bridgehead atoms. The van der Waals surface area contributed by atoms with Gasteiger partial charge in [-0.25, -0.2) is 0 Å². The molecule has 0 radical (unpaired) electrons. The van der Waals surface area contributed by atoms with E-state index < -0.39 is 0 Å². The maximum absolute atomic E-state index is 13.2. The maximum atomic E-state index is 13.2. The Balaban J connectivity index is 1.53. The van der Waals surface area contributed by atoms with Gasteiger partial charge in [0.1, 0.15) is 10.6 Å². The number of carbonyl (C=O) groups is 3. The molecular weight excluding hydrogens is 474 g/mol. The molecule has 1 aliphatic heterocycles. The van der Waals surface area contributed by atoms with Crippen LogP contribution in [0.4, 0.5) is 11.4 Å². The molecule has 4 rings (SSSR count). The minimum atomic E-state index is -0.356. The molecule has 0 saturated carbocycles. The van der Waals surface area contributed by atoms with E-state index in [1.54, 1.807) is 31.4 Å². The van der Waals surface area contributed by atoms with Gasteiger partial charge in [0.25, 0.3) is 17.7 Å². The predicted octanol–water partition coefficient (Wildman–Crippen LogP) is 5.07. The van der Waals surface area contributed by atoms with Crippen molar-refractivity contribution in [1.29, 1.82) is 0 Å². The second kappa shape index (κ2) is 11.7. The van der Waals surface area contributed by atoms with Crippen LogP contribution >= 0.6 is 11.8 Å². The van der Waals surface area contributed by atoms with Crippen molar-refractivity contribution < 1.29 is 19.1 Å². The van der Waals surface area contributed by atoms with Crippen LogP contribution in [-0.2, 0) is 14.3 Å². The van der Waals surface area contributed by atoms with Gasteiger partial charge in [0.05, 0.1) is 0 Å². The van der Waals surface area contributed by atoms with Gasteiger partial charge in [0, 0.05) is 42.1 Å². The Morgan fingerprint density at radius 2 is 1.56 bits per heavy atom. The lowest BCUT2D eigenvalue weighted by Crippen LogP contribution is -2.33. The van der Waals surface area contributed by atoms with Crippen LogP contribution in [0.5, 0.6) is 0 Å². The third-order valence-corrected chi connectivity index (χ3v) is 6.64. The Kier molecular flexibility index (Phi) is 8.20. The molecule has 1 heterocycles. The Bertz CT molecular complexity index is 1270. The van der Waals surface area contributed by atoms with Crippen LogP contribution < -0.4 is 10.6 Å². The van der Waals surface area contributed by atoms with Gasteiger partial charge in [0.2, 0.25) is 0 Å². The second-order valence-corrected chi connectivity index (χ2v) is 9.33. The zero-order valence-corrected chi connectivity index (χ0v) is 20.9. The zero-order valence-electron chi connectivity index (χ0n) is 20.1. The van der Waals surface area contributed by atoms with Gasteiger partial charge in [-0.15, -0.1) is 0 Å². The molecule has 2 N–H and O–H groups in total. The molecular formula is C28H27N3O4S. The number of benzene rings is 3. The predicted molar refractivity (Wildman–Crippen MR) is 142 cm³/mol. The van der Waals surface area contributed by atoms with E-state index in [0.29, 0.717) is 29.2 Å². The molecule has 36 heavy (non-hydrogen) atoms. The fourth-order valence-electron chi connectivity index (χ4n) is 3.63. The first-order valence-corrected chi connectivity index (χ1v) is 12.4. The summed E-state index contributed by atoms with van der Waals surface area (Å²) in [6.07, 6.45) is 0.555. The molecule has 0 fully saturated rings. The van der Waals surface area contributed by atoms with Gasteiger partial charge in [-0.2, -0.15) is 0 Å². The molecule has 3 aromatic rings. The molecule has 1 aliphatic rings. The van der Waals surface area contributed by atoms with Crippen LogP contribution in [0.2, 0.25) is 0 Å². The Morgan fingerprint density at radius 1 is 0.889 bits per heavy atom. The van der Waals surface area contributed by atoms with Gasteiger partial charge < -0.3 is 15.4 Å². The van der Waals surface area contributed by atoms with Gasteiger partial charge in [-0.05, 0) is 61.9 Å². The number of nitrogens with one attached hydrogen (secondary N) is 2. The summed E-state index contributed by atoms with van der Waals surface area (Å²) in [7, 11) is 1.59. The number of ether oxygens (including phenoxy) is 1. The van der Waals surface area contributed by atoms with Crippen molar-refractivity contribution in [3.63, 3.8) is 0 Å². The highest BCUT2D eigenvalue weighted by molar-refractivity contribution is 8.04. The highest BCUT2D eigenvalue weighted by atomic mass is 32.2. The number of hydrogen-bond donors (Lipinski definition) is 2. The molecule has 0 saturated heterocycles. The average molecular weight is 502 g/mol. The van der Waals surface area contributed by atoms with Crippen molar-refractivity contribution in [2.45, 2.75) is 18.2 Å². The number of rotatable bonds is 10. The Hall–Kier alpha value is -3.88. The standard InChI is InChI=1S/C28H27N3O4S/c1-19-9-11-21(12-10-19)29-24-25(28(34)31(27(24)33)17-6-18-35-2)36-23-15-13-22(14-16-23)30-26(32)20-7-4-3-5-8-20/h3-5,7-16,29H,6,17-18H2,1-2H3,(H,30,32). The SMILES string of the molecule is COCCCN1C(=O)C(Nc2ccc(C)cc2)=C(Sc2ccc(NC(=O)c3ccccc3)cc2)C1=O. The summed E-state index contributed by atoms with van der Waals surface area (Å²) >= 11 is 1.22. The topological polar surface area (TPSA) is 87.7 Å². The van der Waals surface area contributed by atoms with E-state index in [-0.39, 0.29) is 30.0 Å². The number of thioether (sulfide) groups is 1. The fourth-order valence-corrected chi connectivity index (χ4v) is 4.57. The summed E-state index contributed by atoms with van der Waals surface area (Å²) in [4.78, 5) is 41.2. The minimum absolute atomic E-state index is 0.202. The number of nitrogens with zero attached hydrogens (tertiary/aromatic N) is 1. The maximum Gasteiger partial charge on any atom is 0.278 e. The molecule has 7 nitrogen and oxygen atoms in total. The summed E-state index contributed by atoms with van der Waals surface area (Å²) in [5.41, 5.74) is 3.28. The van der Waals surface area contributed by atoms with Gasteiger partial charge in [-0.3, -0.25) is 19.3 Å². The van der Waals surface area contributed by atoms with E-state index in [1.807, 2.05) is 61.5 Å². The first kappa shape index (κ1) is 25.2. The van der Waals surface area contributed by atoms with Crippen LogP contribution in [0.3, 0.4) is 0 Å². The number of imide groups is 1. The Morgan fingerprint density at radius 3 is 2.22 bits per heavy atom. The first-order chi connectivity index (χ1) is 17.5. The van der Waals surface area contributed by atoms with Crippen LogP contribution in [0, 0.1) is 6.92 Å². The van der Waals surface area contributed by atoms with E-state index in [0.717, 1.165) is 16.1 Å². The molecule has 0 aromatic heterocycles. The van der Waals surface area contributed by atoms with E-state index in [2.05, 4.69) is 10.6 Å². The lowest BCUT2D eigenvalue weighted by atomic mass is 10.2. The minimum Gasteiger partial charge on any atom is -0.385 e. The summed E-state index contributed by atoms with van der Waals surface area (Å²) in [6.45, 7) is 2.72. The number of anilines is 2. The molecule has 0 atom stereocenters.